The molecule has 6 nitrogen and oxygen atoms in total. The van der Waals surface area contributed by atoms with Crippen molar-refractivity contribution in [1.29, 1.82) is 0 Å². The molecule has 2 aromatic rings. The van der Waals surface area contributed by atoms with Crippen LogP contribution in [0.1, 0.15) is 46.2 Å². The highest BCUT2D eigenvalue weighted by Crippen LogP contribution is 2.18. The fourth-order valence-electron chi connectivity index (χ4n) is 3.27. The first-order valence-corrected chi connectivity index (χ1v) is 9.81. The van der Waals surface area contributed by atoms with Gasteiger partial charge in [0.25, 0.3) is 11.8 Å². The molecule has 1 aromatic heterocycles. The highest BCUT2D eigenvalue weighted by molar-refractivity contribution is 7.14. The second kappa shape index (κ2) is 8.42. The molecule has 0 unspecified atom stereocenters. The predicted octanol–water partition coefficient (Wildman–Crippen LogP) is 2.92. The molecule has 1 saturated heterocycles. The molecule has 2 N–H and O–H groups in total. The maximum Gasteiger partial charge on any atom is 0.270 e. The molecular formula is C19H24N4O2S. The monoisotopic (exact) mass is 372 g/mol. The van der Waals surface area contributed by atoms with Crippen LogP contribution in [-0.4, -0.2) is 47.4 Å². The zero-order valence-corrected chi connectivity index (χ0v) is 15.9. The number of carbonyl (C=O) groups excluding carboxylic acids is 2. The van der Waals surface area contributed by atoms with E-state index in [1.54, 1.807) is 11.4 Å². The first-order valence-electron chi connectivity index (χ1n) is 8.93. The standard InChI is InChI=1S/C19H24N4O2S/c1-3-23-10-6-8-14(23)11-20-18(25)16-12-26-19(21-16)22-17(24)15-9-5-4-7-13(15)2/h4-5,7,9,12,14H,3,6,8,10-11H2,1-2H3,(H,20,25)(H,21,22,24)/t14-/m1/s1. The maximum absolute atomic E-state index is 12.3. The van der Waals surface area contributed by atoms with Crippen LogP contribution in [0.5, 0.6) is 0 Å². The first kappa shape index (κ1) is 18.5. The molecule has 138 valence electrons. The maximum atomic E-state index is 12.3. The Labute approximate surface area is 157 Å². The SMILES string of the molecule is CCN1CCC[C@@H]1CNC(=O)c1csc(NC(=O)c2ccccc2C)n1. The number of rotatable bonds is 6. The van der Waals surface area contributed by atoms with Gasteiger partial charge in [0.1, 0.15) is 5.69 Å². The van der Waals surface area contributed by atoms with Crippen molar-refractivity contribution in [3.05, 3.63) is 46.5 Å². The molecule has 1 aliphatic rings. The van der Waals surface area contributed by atoms with Crippen LogP contribution < -0.4 is 10.6 Å². The number of carbonyl (C=O) groups is 2. The van der Waals surface area contributed by atoms with E-state index in [2.05, 4.69) is 27.4 Å². The lowest BCUT2D eigenvalue weighted by Crippen LogP contribution is -2.40. The Balaban J connectivity index is 1.56. The van der Waals surface area contributed by atoms with Gasteiger partial charge in [-0.2, -0.15) is 0 Å². The minimum atomic E-state index is -0.214. The van der Waals surface area contributed by atoms with Crippen LogP contribution in [0.2, 0.25) is 0 Å². The summed E-state index contributed by atoms with van der Waals surface area (Å²) >= 11 is 1.26. The number of nitrogens with one attached hydrogen (secondary N) is 2. The van der Waals surface area contributed by atoms with E-state index in [-0.39, 0.29) is 11.8 Å². The van der Waals surface area contributed by atoms with Gasteiger partial charge in [-0.15, -0.1) is 11.3 Å². The summed E-state index contributed by atoms with van der Waals surface area (Å²) in [6, 6.07) is 7.78. The molecule has 1 fully saturated rings. The van der Waals surface area contributed by atoms with Gasteiger partial charge in [0.15, 0.2) is 5.13 Å². The van der Waals surface area contributed by atoms with Gasteiger partial charge in [-0.05, 0) is 44.5 Å². The van der Waals surface area contributed by atoms with Gasteiger partial charge in [-0.25, -0.2) is 4.98 Å². The molecule has 1 atom stereocenters. The third kappa shape index (κ3) is 4.28. The third-order valence-corrected chi connectivity index (χ3v) is 5.51. The third-order valence-electron chi connectivity index (χ3n) is 4.75. The van der Waals surface area contributed by atoms with Crippen LogP contribution >= 0.6 is 11.3 Å². The molecule has 0 saturated carbocycles. The van der Waals surface area contributed by atoms with E-state index in [4.69, 9.17) is 0 Å². The van der Waals surface area contributed by atoms with E-state index < -0.39 is 0 Å². The number of likely N-dealkylation sites (tertiary alicyclic amines) is 1. The smallest absolute Gasteiger partial charge is 0.270 e. The Morgan fingerprint density at radius 1 is 1.31 bits per heavy atom. The number of anilines is 1. The molecule has 7 heteroatoms. The molecule has 26 heavy (non-hydrogen) atoms. The van der Waals surface area contributed by atoms with E-state index in [1.807, 2.05) is 25.1 Å². The number of amides is 2. The van der Waals surface area contributed by atoms with Crippen molar-refractivity contribution in [3.8, 4) is 0 Å². The number of nitrogens with zero attached hydrogens (tertiary/aromatic N) is 2. The average molecular weight is 372 g/mol. The van der Waals surface area contributed by atoms with Gasteiger partial charge in [-0.1, -0.05) is 25.1 Å². The van der Waals surface area contributed by atoms with E-state index in [9.17, 15) is 9.59 Å². The summed E-state index contributed by atoms with van der Waals surface area (Å²) in [4.78, 5) is 31.3. The Kier molecular flexibility index (Phi) is 6.00. The van der Waals surface area contributed by atoms with Crippen molar-refractivity contribution in [2.45, 2.75) is 32.7 Å². The molecule has 0 radical (unpaired) electrons. The predicted molar refractivity (Wildman–Crippen MR) is 104 cm³/mol. The Hall–Kier alpha value is -2.25. The number of hydrogen-bond acceptors (Lipinski definition) is 5. The van der Waals surface area contributed by atoms with Crippen LogP contribution in [0.25, 0.3) is 0 Å². The molecule has 3 rings (SSSR count). The quantitative estimate of drug-likeness (QED) is 0.818. The van der Waals surface area contributed by atoms with Crippen molar-refractivity contribution in [1.82, 2.24) is 15.2 Å². The second-order valence-corrected chi connectivity index (χ2v) is 7.30. The normalized spacial score (nSPS) is 17.2. The van der Waals surface area contributed by atoms with Gasteiger partial charge in [0.05, 0.1) is 0 Å². The number of aryl methyl sites for hydroxylation is 1. The molecular weight excluding hydrogens is 348 g/mol. The zero-order valence-electron chi connectivity index (χ0n) is 15.1. The fraction of sp³-hybridized carbons (Fsp3) is 0.421. The van der Waals surface area contributed by atoms with Crippen LogP contribution in [-0.2, 0) is 0 Å². The van der Waals surface area contributed by atoms with Crippen molar-refractivity contribution in [2.75, 3.05) is 25.0 Å². The Bertz CT molecular complexity index is 789. The van der Waals surface area contributed by atoms with Crippen LogP contribution in [0, 0.1) is 6.92 Å². The van der Waals surface area contributed by atoms with E-state index in [1.165, 1.54) is 17.8 Å². The minimum absolute atomic E-state index is 0.194. The van der Waals surface area contributed by atoms with Gasteiger partial charge < -0.3 is 5.32 Å². The minimum Gasteiger partial charge on any atom is -0.349 e. The van der Waals surface area contributed by atoms with Crippen molar-refractivity contribution < 1.29 is 9.59 Å². The summed E-state index contributed by atoms with van der Waals surface area (Å²) in [6.45, 7) is 6.77. The molecule has 1 aromatic carbocycles. The lowest BCUT2D eigenvalue weighted by Gasteiger charge is -2.22. The Morgan fingerprint density at radius 3 is 2.88 bits per heavy atom. The summed E-state index contributed by atoms with van der Waals surface area (Å²) in [5.41, 5.74) is 1.85. The molecule has 0 aliphatic carbocycles. The average Bonchev–Trinajstić information content (AvgIpc) is 3.29. The molecule has 1 aliphatic heterocycles. The number of benzene rings is 1. The van der Waals surface area contributed by atoms with E-state index in [0.29, 0.717) is 29.0 Å². The van der Waals surface area contributed by atoms with Crippen molar-refractivity contribution in [3.63, 3.8) is 0 Å². The van der Waals surface area contributed by atoms with Crippen molar-refractivity contribution >= 4 is 28.3 Å². The van der Waals surface area contributed by atoms with Gasteiger partial charge >= 0.3 is 0 Å². The zero-order chi connectivity index (χ0) is 18.5. The highest BCUT2D eigenvalue weighted by Gasteiger charge is 2.23. The summed E-state index contributed by atoms with van der Waals surface area (Å²) < 4.78 is 0. The van der Waals surface area contributed by atoms with E-state index in [0.717, 1.165) is 25.1 Å². The van der Waals surface area contributed by atoms with Gasteiger partial charge in [-0.3, -0.25) is 19.8 Å². The topological polar surface area (TPSA) is 74.3 Å². The largest absolute Gasteiger partial charge is 0.349 e. The fourth-order valence-corrected chi connectivity index (χ4v) is 3.96. The highest BCUT2D eigenvalue weighted by atomic mass is 32.1. The molecule has 2 heterocycles. The van der Waals surface area contributed by atoms with Crippen LogP contribution in [0.15, 0.2) is 29.6 Å². The summed E-state index contributed by atoms with van der Waals surface area (Å²) in [6.07, 6.45) is 2.29. The number of thiazole rings is 1. The lowest BCUT2D eigenvalue weighted by atomic mass is 10.1. The molecule has 0 bridgehead atoms. The summed E-state index contributed by atoms with van der Waals surface area (Å²) in [5.74, 6) is -0.408. The molecule has 0 spiro atoms. The number of aromatic nitrogens is 1. The summed E-state index contributed by atoms with van der Waals surface area (Å²) in [7, 11) is 0. The van der Waals surface area contributed by atoms with Crippen LogP contribution in [0.4, 0.5) is 5.13 Å². The van der Waals surface area contributed by atoms with Crippen LogP contribution in [0.3, 0.4) is 0 Å². The second-order valence-electron chi connectivity index (χ2n) is 6.44. The number of likely N-dealkylation sites (N-methyl/N-ethyl adjacent to an activating group) is 1. The molecule has 2 amide bonds. The first-order chi connectivity index (χ1) is 12.6. The number of hydrogen-bond donors (Lipinski definition) is 2. The van der Waals surface area contributed by atoms with Gasteiger partial charge in [0, 0.05) is 23.5 Å². The Morgan fingerprint density at radius 2 is 2.12 bits per heavy atom. The van der Waals surface area contributed by atoms with Gasteiger partial charge in [0.2, 0.25) is 0 Å². The summed E-state index contributed by atoms with van der Waals surface area (Å²) in [5, 5.41) is 7.84. The lowest BCUT2D eigenvalue weighted by molar-refractivity contribution is 0.0935. The van der Waals surface area contributed by atoms with Crippen molar-refractivity contribution in [2.24, 2.45) is 0 Å². The van der Waals surface area contributed by atoms with E-state index >= 15 is 0 Å².